The fourth-order valence-corrected chi connectivity index (χ4v) is 19.6. The standard InChI is InChI=1S/C57H76FN5O6/c1-52(66)17-20-57(58)37(25-52)6-8-39-43-10-11-46(53(43,2)15-14-45(39)57)48(64)31-63-30-35-23-38(7-12-47(35)61-63)69-22-21-55(67)18-19-56(33-68-4)36(26-55)5-9-40-44(56)13-16-54(3)50(40)41-24-42(41)51(54)49(65)32-62-29-34(27-59)28-60-62/h7,12,23,28-30,36-37,39-46,50-51,66-67H,5-6,8-11,13-22,24-26,31-33H2,1-4H3/t36-,37-,39+,40-,41?,42?,43+,44+,45+,46-,50-,51?,52-,53+,54+,55+,56-,57-/m1/s1. The van der Waals surface area contributed by atoms with Crippen molar-refractivity contribution in [1.82, 2.24) is 19.6 Å². The summed E-state index contributed by atoms with van der Waals surface area (Å²) >= 11 is 0. The second-order valence-corrected chi connectivity index (χ2v) is 25.8. The van der Waals surface area contributed by atoms with E-state index in [1.807, 2.05) is 38.4 Å². The Balaban J connectivity index is 0.660. The third kappa shape index (κ3) is 7.36. The minimum Gasteiger partial charge on any atom is -0.493 e. The van der Waals surface area contributed by atoms with Gasteiger partial charge in [0.2, 0.25) is 0 Å². The number of nitriles is 1. The van der Waals surface area contributed by atoms with Gasteiger partial charge in [0.25, 0.3) is 0 Å². The quantitative estimate of drug-likeness (QED) is 0.181. The van der Waals surface area contributed by atoms with E-state index in [4.69, 9.17) is 14.6 Å². The monoisotopic (exact) mass is 946 g/mol. The maximum atomic E-state index is 17.0. The van der Waals surface area contributed by atoms with Gasteiger partial charge < -0.3 is 19.7 Å². The predicted molar refractivity (Wildman–Crippen MR) is 257 cm³/mol. The molecule has 0 radical (unpaired) electrons. The van der Waals surface area contributed by atoms with Crippen LogP contribution in [0.5, 0.6) is 5.75 Å². The summed E-state index contributed by atoms with van der Waals surface area (Å²) < 4.78 is 32.9. The van der Waals surface area contributed by atoms with Gasteiger partial charge in [-0.05, 0) is 210 Å². The second-order valence-electron chi connectivity index (χ2n) is 25.8. The number of benzene rings is 1. The van der Waals surface area contributed by atoms with Gasteiger partial charge >= 0.3 is 0 Å². The lowest BCUT2D eigenvalue weighted by Crippen LogP contribution is -2.59. The van der Waals surface area contributed by atoms with Crippen LogP contribution >= 0.6 is 0 Å². The number of Topliss-reactive ketones (excluding diaryl/α,β-unsaturated/α-hetero) is 2. The highest BCUT2D eigenvalue weighted by molar-refractivity contribution is 5.84. The maximum absolute atomic E-state index is 17.0. The first-order valence-electron chi connectivity index (χ1n) is 27.2. The third-order valence-electron chi connectivity index (χ3n) is 22.5. The van der Waals surface area contributed by atoms with E-state index in [0.29, 0.717) is 85.2 Å². The van der Waals surface area contributed by atoms with Crippen molar-refractivity contribution >= 4 is 22.5 Å². The summed E-state index contributed by atoms with van der Waals surface area (Å²) in [7, 11) is 1.85. The van der Waals surface area contributed by atoms with Crippen molar-refractivity contribution in [1.29, 1.82) is 5.26 Å². The Bertz CT molecular complexity index is 2550. The number of carbonyl (C=O) groups is 2. The van der Waals surface area contributed by atoms with Crippen LogP contribution in [0.15, 0.2) is 36.8 Å². The molecular weight excluding hydrogens is 870 g/mol. The fraction of sp³-hybridized carbons (Fsp3) is 0.772. The minimum atomic E-state index is -1.18. The molecule has 0 spiro atoms. The summed E-state index contributed by atoms with van der Waals surface area (Å²) in [6.07, 6.45) is 20.8. The van der Waals surface area contributed by atoms with E-state index in [2.05, 4.69) is 25.0 Å². The van der Waals surface area contributed by atoms with Crippen LogP contribution in [0.4, 0.5) is 4.39 Å². The molecule has 69 heavy (non-hydrogen) atoms. The molecule has 12 rings (SSSR count). The van der Waals surface area contributed by atoms with Gasteiger partial charge in [0.15, 0.2) is 11.6 Å². The highest BCUT2D eigenvalue weighted by Gasteiger charge is 2.72. The molecule has 2 heterocycles. The fourth-order valence-electron chi connectivity index (χ4n) is 19.6. The first-order valence-corrected chi connectivity index (χ1v) is 27.2. The van der Waals surface area contributed by atoms with E-state index >= 15 is 4.39 Å². The van der Waals surface area contributed by atoms with Crippen LogP contribution in [0.2, 0.25) is 0 Å². The topological polar surface area (TPSA) is 152 Å². The zero-order valence-corrected chi connectivity index (χ0v) is 41.6. The number of aromatic nitrogens is 4. The highest BCUT2D eigenvalue weighted by atomic mass is 19.1. The lowest BCUT2D eigenvalue weighted by molar-refractivity contribution is -0.184. The molecule has 3 aromatic rings. The van der Waals surface area contributed by atoms with Gasteiger partial charge in [0.1, 0.15) is 17.5 Å². The van der Waals surface area contributed by atoms with Gasteiger partial charge in [-0.25, -0.2) is 4.39 Å². The summed E-state index contributed by atoms with van der Waals surface area (Å²) in [6.45, 7) is 8.23. The Morgan fingerprint density at radius 3 is 2.41 bits per heavy atom. The summed E-state index contributed by atoms with van der Waals surface area (Å²) in [5.74, 6) is 5.05. The summed E-state index contributed by atoms with van der Waals surface area (Å²) in [6, 6.07) is 8.05. The molecule has 9 aliphatic carbocycles. The van der Waals surface area contributed by atoms with Crippen LogP contribution in [0.1, 0.15) is 142 Å². The van der Waals surface area contributed by atoms with Crippen molar-refractivity contribution in [2.45, 2.75) is 166 Å². The number of methoxy groups -OCH3 is 1. The van der Waals surface area contributed by atoms with Gasteiger partial charge in [0, 0.05) is 43.1 Å². The van der Waals surface area contributed by atoms with Gasteiger partial charge in [0.05, 0.1) is 54.8 Å². The van der Waals surface area contributed by atoms with Crippen LogP contribution in [0.3, 0.4) is 0 Å². The molecule has 2 aromatic heterocycles. The molecule has 3 unspecified atom stereocenters. The Labute approximate surface area is 407 Å². The number of nitrogens with zero attached hydrogens (tertiary/aromatic N) is 5. The van der Waals surface area contributed by atoms with Crippen LogP contribution in [-0.4, -0.2) is 78.5 Å². The molecule has 9 saturated carbocycles. The number of rotatable bonds is 12. The van der Waals surface area contributed by atoms with Gasteiger partial charge in [-0.1, -0.05) is 13.8 Å². The van der Waals surface area contributed by atoms with Crippen LogP contribution < -0.4 is 4.74 Å². The number of hydrogen-bond donors (Lipinski definition) is 2. The zero-order chi connectivity index (χ0) is 47.9. The Kier molecular flexibility index (Phi) is 11.1. The number of hydrogen-bond acceptors (Lipinski definition) is 9. The third-order valence-corrected chi connectivity index (χ3v) is 22.5. The van der Waals surface area contributed by atoms with E-state index < -0.39 is 16.9 Å². The molecule has 2 N–H and O–H groups in total. The van der Waals surface area contributed by atoms with E-state index in [9.17, 15) is 25.1 Å². The minimum absolute atomic E-state index is 0.00874. The Hall–Kier alpha value is -3.66. The molecule has 0 bridgehead atoms. The van der Waals surface area contributed by atoms with Gasteiger partial charge in [-0.2, -0.15) is 15.5 Å². The van der Waals surface area contributed by atoms with E-state index in [0.717, 1.165) is 113 Å². The SMILES string of the molecule is COC[C@]12CC[C@](O)(CCOc3ccc4nn(CC(=O)[C@H]5CC[C@H]6[C@@H]7CC[C@@H]8C[C@](C)(O)CC[C@]8(F)[C@H]7CC[C@]56C)cc4c3)C[C@H]1CC[C@@H]1[C@@H]2CC[C@]2(C)C(C(=O)Cn3cc(C#N)cn3)C3CC3[C@@H]12. The molecule has 0 amide bonds. The normalized spacial score (nSPS) is 46.0. The smallest absolute Gasteiger partial charge is 0.158 e. The van der Waals surface area contributed by atoms with Crippen molar-refractivity contribution in [2.75, 3.05) is 20.3 Å². The molecule has 9 fully saturated rings. The van der Waals surface area contributed by atoms with Gasteiger partial charge in [-0.3, -0.25) is 19.0 Å². The van der Waals surface area contributed by atoms with Crippen LogP contribution in [-0.2, 0) is 27.4 Å². The average Bonchev–Trinajstić information content (AvgIpc) is 3.59. The lowest BCUT2D eigenvalue weighted by atomic mass is 9.42. The molecule has 9 aliphatic rings. The Morgan fingerprint density at radius 2 is 1.59 bits per heavy atom. The number of aliphatic hydroxyl groups is 2. The lowest BCUT2D eigenvalue weighted by Gasteiger charge is -2.63. The number of ketones is 2. The zero-order valence-electron chi connectivity index (χ0n) is 41.6. The molecule has 1 aromatic carbocycles. The summed E-state index contributed by atoms with van der Waals surface area (Å²) in [4.78, 5) is 28.2. The first-order chi connectivity index (χ1) is 33.0. The molecule has 12 heteroatoms. The molecule has 11 nitrogen and oxygen atoms in total. The number of ether oxygens (including phenoxy) is 2. The predicted octanol–water partition coefficient (Wildman–Crippen LogP) is 9.70. The number of fused-ring (bicyclic) bond motifs is 13. The molecule has 372 valence electrons. The second kappa shape index (κ2) is 16.4. The van der Waals surface area contributed by atoms with Crippen molar-refractivity contribution in [3.8, 4) is 11.8 Å². The summed E-state index contributed by atoms with van der Waals surface area (Å²) in [5, 5.41) is 42.4. The average molecular weight is 946 g/mol. The molecular formula is C57H76FN5O6. The largest absolute Gasteiger partial charge is 0.493 e. The van der Waals surface area contributed by atoms with Crippen LogP contribution in [0.25, 0.3) is 10.9 Å². The number of halogens is 1. The molecule has 0 aliphatic heterocycles. The molecule has 0 saturated heterocycles. The highest BCUT2D eigenvalue weighted by Crippen LogP contribution is 2.76. The number of carbonyl (C=O) groups excluding carboxylic acids is 2. The van der Waals surface area contributed by atoms with E-state index in [-0.39, 0.29) is 64.6 Å². The van der Waals surface area contributed by atoms with E-state index in [1.165, 1.54) is 0 Å². The summed E-state index contributed by atoms with van der Waals surface area (Å²) in [5.41, 5.74) is -1.53. The van der Waals surface area contributed by atoms with E-state index in [1.54, 1.807) is 21.8 Å². The van der Waals surface area contributed by atoms with Gasteiger partial charge in [-0.15, -0.1) is 0 Å². The van der Waals surface area contributed by atoms with Crippen molar-refractivity contribution < 1.29 is 33.7 Å². The number of alkyl halides is 1. The molecule has 18 atom stereocenters. The van der Waals surface area contributed by atoms with Crippen molar-refractivity contribution in [3.63, 3.8) is 0 Å². The Morgan fingerprint density at radius 1 is 0.812 bits per heavy atom. The maximum Gasteiger partial charge on any atom is 0.158 e. The van der Waals surface area contributed by atoms with Crippen molar-refractivity contribution in [3.05, 3.63) is 42.4 Å². The first kappa shape index (κ1) is 46.4. The van der Waals surface area contributed by atoms with Crippen molar-refractivity contribution in [2.24, 2.45) is 87.3 Å². The van der Waals surface area contributed by atoms with Crippen LogP contribution in [0, 0.1) is 98.6 Å².